The van der Waals surface area contributed by atoms with E-state index in [1.165, 1.54) is 52.7 Å². The minimum absolute atomic E-state index is 0. The number of hydrogen-bond donors (Lipinski definition) is 0. The van der Waals surface area contributed by atoms with Gasteiger partial charge >= 0.3 is 316 Å². The summed E-state index contributed by atoms with van der Waals surface area (Å²) in [6.07, 6.45) is 0. The standard InChI is InChI=1S/2C22H23PS.2ClH.Zr/c2*1-22(2,3)19-15-10-16-20(21(19)24)23(17-11-6-4-7-12-17)18-13-8-5-9-14-18;;;/h2*4-16,24H,1-3H3;2*1H;/q;;;;+4/p-4. The molecular formula is C44H44Cl2P2S2Zr. The summed E-state index contributed by atoms with van der Waals surface area (Å²) < 4.78 is 0. The van der Waals surface area contributed by atoms with Gasteiger partial charge in [0.25, 0.3) is 0 Å². The van der Waals surface area contributed by atoms with Crippen LogP contribution in [-0.4, -0.2) is 0 Å². The summed E-state index contributed by atoms with van der Waals surface area (Å²) in [4.78, 5) is 3.02. The second kappa shape index (κ2) is 19.1. The molecule has 0 saturated carbocycles. The molecule has 0 aliphatic heterocycles. The van der Waals surface area contributed by atoms with Crippen LogP contribution in [0.2, 0.25) is 0 Å². The minimum Gasteiger partial charge on any atom is -1.00 e. The number of benzene rings is 6. The van der Waals surface area contributed by atoms with E-state index in [2.05, 4.69) is 216 Å². The maximum atomic E-state index is 2.42. The first-order valence-corrected chi connectivity index (χ1v) is 27.1. The van der Waals surface area contributed by atoms with Crippen LogP contribution in [0.4, 0.5) is 0 Å². The molecule has 51 heavy (non-hydrogen) atoms. The molecule has 0 aromatic heterocycles. The average molecular weight is 861 g/mol. The zero-order valence-electron chi connectivity index (χ0n) is 30.0. The topological polar surface area (TPSA) is 0 Å². The molecule has 0 radical (unpaired) electrons. The van der Waals surface area contributed by atoms with E-state index in [4.69, 9.17) is 0 Å². The summed E-state index contributed by atoms with van der Waals surface area (Å²) >= 11 is -1.08. The van der Waals surface area contributed by atoms with Crippen molar-refractivity contribution in [2.24, 2.45) is 0 Å². The van der Waals surface area contributed by atoms with E-state index in [9.17, 15) is 0 Å². The van der Waals surface area contributed by atoms with Crippen molar-refractivity contribution in [3.8, 4) is 0 Å². The van der Waals surface area contributed by atoms with Crippen molar-refractivity contribution >= 4 is 64.7 Å². The van der Waals surface area contributed by atoms with Crippen molar-refractivity contribution < 1.29 is 45.1 Å². The van der Waals surface area contributed by atoms with Crippen molar-refractivity contribution in [3.63, 3.8) is 0 Å². The van der Waals surface area contributed by atoms with Gasteiger partial charge in [-0.3, -0.25) is 0 Å². The molecule has 6 rings (SSSR count). The predicted molar refractivity (Wildman–Crippen MR) is 219 cm³/mol. The van der Waals surface area contributed by atoms with E-state index in [0.29, 0.717) is 0 Å². The van der Waals surface area contributed by atoms with Crippen molar-refractivity contribution in [2.45, 2.75) is 62.2 Å². The van der Waals surface area contributed by atoms with E-state index in [1.807, 2.05) is 0 Å². The smallest absolute Gasteiger partial charge is 1.00 e. The van der Waals surface area contributed by atoms with E-state index in [-0.39, 0.29) is 35.6 Å². The third-order valence-corrected chi connectivity index (χ3v) is 22.4. The Morgan fingerprint density at radius 3 is 0.902 bits per heavy atom. The monoisotopic (exact) mass is 858 g/mol. The quantitative estimate of drug-likeness (QED) is 0.185. The molecule has 0 spiro atoms. The van der Waals surface area contributed by atoms with Crippen LogP contribution in [0.15, 0.2) is 168 Å². The van der Waals surface area contributed by atoms with Gasteiger partial charge in [0.05, 0.1) is 0 Å². The van der Waals surface area contributed by atoms with Crippen LogP contribution in [0.3, 0.4) is 0 Å². The summed E-state index contributed by atoms with van der Waals surface area (Å²) in [5, 5.41) is 8.62. The average Bonchev–Trinajstić information content (AvgIpc) is 3.10. The normalized spacial score (nSPS) is 11.5. The van der Waals surface area contributed by atoms with Crippen molar-refractivity contribution in [2.75, 3.05) is 0 Å². The van der Waals surface area contributed by atoms with Crippen LogP contribution >= 0.6 is 32.9 Å². The Kier molecular flexibility index (Phi) is 15.8. The van der Waals surface area contributed by atoms with Crippen LogP contribution in [0.5, 0.6) is 0 Å². The first kappa shape index (κ1) is 42.1. The molecule has 7 heteroatoms. The first-order chi connectivity index (χ1) is 23.6. The zero-order valence-corrected chi connectivity index (χ0v) is 37.4. The Morgan fingerprint density at radius 1 is 0.373 bits per heavy atom. The number of hydrogen-bond acceptors (Lipinski definition) is 2. The summed E-state index contributed by atoms with van der Waals surface area (Å²) in [7, 11) is 3.00. The molecule has 0 aliphatic carbocycles. The van der Waals surface area contributed by atoms with Gasteiger partial charge in [0.1, 0.15) is 0 Å². The first-order valence-electron chi connectivity index (χ1n) is 16.8. The second-order valence-electron chi connectivity index (χ2n) is 14.1. The molecule has 0 aliphatic rings. The molecule has 0 fully saturated rings. The van der Waals surface area contributed by atoms with Crippen LogP contribution in [0, 0.1) is 0 Å². The van der Waals surface area contributed by atoms with Crippen molar-refractivity contribution in [3.05, 3.63) is 169 Å². The maximum Gasteiger partial charge on any atom is -1.00 e. The summed E-state index contributed by atoms with van der Waals surface area (Å²) in [5.74, 6) is 0. The molecule has 6 aromatic carbocycles. The van der Waals surface area contributed by atoms with Gasteiger partial charge in [-0.25, -0.2) is 0 Å². The van der Waals surface area contributed by atoms with Gasteiger partial charge in [0.2, 0.25) is 0 Å². The van der Waals surface area contributed by atoms with Gasteiger partial charge in [-0.15, -0.1) is 0 Å². The molecule has 0 saturated heterocycles. The SMILES string of the molecule is CC(C)(C)c1cccc(P(c2ccccc2)c2ccccc2)c1[S][Zr+2][S]c1c(P(c2ccccc2)c2ccccc2)cccc1C(C)(C)C.[Cl-].[Cl-]. The van der Waals surface area contributed by atoms with E-state index in [1.54, 1.807) is 0 Å². The number of halogens is 2. The summed E-state index contributed by atoms with van der Waals surface area (Å²) in [5.41, 5.74) is 3.02. The van der Waals surface area contributed by atoms with Gasteiger partial charge in [-0.1, -0.05) is 0 Å². The fraction of sp³-hybridized carbons (Fsp3) is 0.182. The maximum absolute atomic E-state index is 2.42. The molecular weight excluding hydrogens is 817 g/mol. The van der Waals surface area contributed by atoms with Crippen molar-refractivity contribution in [1.29, 1.82) is 0 Å². The van der Waals surface area contributed by atoms with E-state index >= 15 is 0 Å². The molecule has 0 nitrogen and oxygen atoms in total. The third kappa shape index (κ3) is 10.3. The molecule has 260 valence electrons. The van der Waals surface area contributed by atoms with Crippen molar-refractivity contribution in [1.82, 2.24) is 0 Å². The molecule has 0 heterocycles. The minimum atomic E-state index is -1.08. The van der Waals surface area contributed by atoms with Gasteiger partial charge in [-0.05, 0) is 0 Å². The van der Waals surface area contributed by atoms with Gasteiger partial charge in [-0.2, -0.15) is 0 Å². The van der Waals surface area contributed by atoms with Crippen LogP contribution in [-0.2, 0) is 31.1 Å². The van der Waals surface area contributed by atoms with Gasteiger partial charge in [0, 0.05) is 0 Å². The third-order valence-electron chi connectivity index (χ3n) is 8.43. The molecule has 0 bridgehead atoms. The summed E-state index contributed by atoms with van der Waals surface area (Å²) in [6, 6.07) is 59.0. The fourth-order valence-corrected chi connectivity index (χ4v) is 22.9. The Labute approximate surface area is 337 Å². The zero-order chi connectivity index (χ0) is 34.4. The molecule has 6 aromatic rings. The Hall–Kier alpha value is -1.66. The Balaban J connectivity index is 0.00000292. The molecule has 0 atom stereocenters. The van der Waals surface area contributed by atoms with Crippen LogP contribution in [0.1, 0.15) is 52.7 Å². The fourth-order valence-electron chi connectivity index (χ4n) is 6.06. The van der Waals surface area contributed by atoms with Gasteiger partial charge in [0.15, 0.2) is 0 Å². The van der Waals surface area contributed by atoms with E-state index < -0.39 is 36.1 Å². The second-order valence-corrected chi connectivity index (χ2v) is 27.1. The van der Waals surface area contributed by atoms with Gasteiger partial charge < -0.3 is 24.8 Å². The Bertz CT molecular complexity index is 1740. The van der Waals surface area contributed by atoms with Crippen LogP contribution in [0.25, 0.3) is 0 Å². The summed E-state index contributed by atoms with van der Waals surface area (Å²) in [6.45, 7) is 14.3. The number of rotatable bonds is 10. The van der Waals surface area contributed by atoms with E-state index in [0.717, 1.165) is 0 Å². The molecule has 0 N–H and O–H groups in total. The predicted octanol–water partition coefficient (Wildman–Crippen LogP) is 4.60. The van der Waals surface area contributed by atoms with Crippen LogP contribution < -0.4 is 56.6 Å². The molecule has 0 unspecified atom stereocenters. The Morgan fingerprint density at radius 2 is 0.647 bits per heavy atom. The molecule has 0 amide bonds. The largest absolute Gasteiger partial charge is 1.00 e.